The van der Waals surface area contributed by atoms with Crippen molar-refractivity contribution in [1.29, 1.82) is 0 Å². The molecule has 0 aromatic heterocycles. The highest BCUT2D eigenvalue weighted by molar-refractivity contribution is 7.47. The molecule has 1 heterocycles. The molecule has 0 aromatic rings. The van der Waals surface area contributed by atoms with Gasteiger partial charge < -0.3 is 19.1 Å². The van der Waals surface area contributed by atoms with Gasteiger partial charge in [0.1, 0.15) is 6.79 Å². The minimum absolute atomic E-state index is 0.112. The fourth-order valence-electron chi connectivity index (χ4n) is 1.13. The van der Waals surface area contributed by atoms with Gasteiger partial charge in [-0.2, -0.15) is 0 Å². The lowest BCUT2D eigenvalue weighted by molar-refractivity contribution is -0.159. The molecule has 1 rings (SSSR count). The van der Waals surface area contributed by atoms with Crippen molar-refractivity contribution in [2.45, 2.75) is 39.9 Å². The van der Waals surface area contributed by atoms with E-state index < -0.39 is 20.6 Å². The fraction of sp³-hybridized carbons (Fsp3) is 0.909. The Morgan fingerprint density at radius 1 is 1.39 bits per heavy atom. The van der Waals surface area contributed by atoms with Gasteiger partial charge in [0.25, 0.3) is 0 Å². The summed E-state index contributed by atoms with van der Waals surface area (Å²) in [5.74, 6) is -0.336. The Labute approximate surface area is 108 Å². The number of rotatable bonds is 7. The smallest absolute Gasteiger partial charge is 0.313 e. The average Bonchev–Trinajstić information content (AvgIpc) is 2.93. The van der Waals surface area contributed by atoms with E-state index >= 15 is 0 Å². The maximum absolute atomic E-state index is 11.5. The lowest BCUT2D eigenvalue weighted by atomic mass is 9.98. The van der Waals surface area contributed by atoms with Crippen molar-refractivity contribution in [3.63, 3.8) is 0 Å². The van der Waals surface area contributed by atoms with Crippen molar-refractivity contribution < 1.29 is 28.4 Å². The van der Waals surface area contributed by atoms with Crippen LogP contribution in [0.15, 0.2) is 0 Å². The predicted octanol–water partition coefficient (Wildman–Crippen LogP) is 1.62. The molecule has 0 spiro atoms. The minimum Gasteiger partial charge on any atom is -0.438 e. The Hall–Kier alpha value is -0.260. The molecule has 0 aromatic carbocycles. The molecular formula is C11H21O6P. The van der Waals surface area contributed by atoms with Crippen LogP contribution in [0.25, 0.3) is 0 Å². The first-order chi connectivity index (χ1) is 8.34. The Balaban J connectivity index is 2.23. The maximum Gasteiger partial charge on any atom is 0.313 e. The molecule has 0 radical (unpaired) electrons. The highest BCUT2D eigenvalue weighted by Gasteiger charge is 2.37. The van der Waals surface area contributed by atoms with E-state index in [0.29, 0.717) is 6.16 Å². The zero-order chi connectivity index (χ0) is 13.8. The van der Waals surface area contributed by atoms with Crippen molar-refractivity contribution in [3.05, 3.63) is 0 Å². The van der Waals surface area contributed by atoms with E-state index in [1.54, 1.807) is 20.8 Å². The standard InChI is InChI=1S/C11H21O6P/c1-8-9(17-8)5-18(15-6-12)16-7-14-10(13)11(2,3)4/h8-9,12H,5-7H2,1-4H3. The number of carbonyl (C=O) groups excluding carboxylic acids is 1. The summed E-state index contributed by atoms with van der Waals surface area (Å²) in [5.41, 5.74) is -0.557. The monoisotopic (exact) mass is 280 g/mol. The molecule has 1 aliphatic heterocycles. The molecule has 1 fully saturated rings. The number of esters is 1. The molecule has 3 atom stereocenters. The molecule has 0 aliphatic carbocycles. The summed E-state index contributed by atoms with van der Waals surface area (Å²) in [6.07, 6.45) is 0.892. The van der Waals surface area contributed by atoms with Crippen LogP contribution in [-0.4, -0.2) is 43.0 Å². The molecule has 0 saturated carbocycles. The number of aliphatic hydroxyl groups excluding tert-OH is 1. The van der Waals surface area contributed by atoms with Gasteiger partial charge in [0.05, 0.1) is 17.6 Å². The number of epoxide rings is 1. The molecule has 6 nitrogen and oxygen atoms in total. The van der Waals surface area contributed by atoms with Crippen LogP contribution >= 0.6 is 8.38 Å². The maximum atomic E-state index is 11.5. The summed E-state index contributed by atoms with van der Waals surface area (Å²) in [7, 11) is -1.28. The number of hydrogen-bond acceptors (Lipinski definition) is 6. The Morgan fingerprint density at radius 3 is 2.44 bits per heavy atom. The van der Waals surface area contributed by atoms with Gasteiger partial charge in [-0.05, 0) is 27.7 Å². The highest BCUT2D eigenvalue weighted by atomic mass is 31.2. The zero-order valence-electron chi connectivity index (χ0n) is 11.2. The molecule has 7 heteroatoms. The van der Waals surface area contributed by atoms with E-state index in [1.165, 1.54) is 0 Å². The van der Waals surface area contributed by atoms with Gasteiger partial charge in [0.2, 0.25) is 0 Å². The van der Waals surface area contributed by atoms with Crippen LogP contribution in [-0.2, 0) is 23.3 Å². The van der Waals surface area contributed by atoms with E-state index in [4.69, 9.17) is 23.6 Å². The summed E-state index contributed by atoms with van der Waals surface area (Å²) in [5, 5.41) is 8.74. The van der Waals surface area contributed by atoms with Crippen LogP contribution < -0.4 is 0 Å². The summed E-state index contributed by atoms with van der Waals surface area (Å²) in [4.78, 5) is 11.5. The van der Waals surface area contributed by atoms with Crippen molar-refractivity contribution in [3.8, 4) is 0 Å². The van der Waals surface area contributed by atoms with Gasteiger partial charge in [-0.25, -0.2) is 0 Å². The van der Waals surface area contributed by atoms with Crippen LogP contribution in [0.5, 0.6) is 0 Å². The van der Waals surface area contributed by atoms with E-state index in [0.717, 1.165) is 0 Å². The zero-order valence-corrected chi connectivity index (χ0v) is 12.1. The van der Waals surface area contributed by atoms with Gasteiger partial charge in [-0.15, -0.1) is 0 Å². The third kappa shape index (κ3) is 5.59. The number of hydrogen-bond donors (Lipinski definition) is 1. The fourth-order valence-corrected chi connectivity index (χ4v) is 2.39. The third-order valence-electron chi connectivity index (χ3n) is 2.37. The molecule has 18 heavy (non-hydrogen) atoms. The van der Waals surface area contributed by atoms with Gasteiger partial charge in [0.15, 0.2) is 15.2 Å². The SMILES string of the molecule is CC1OC1CP(OCO)OCOC(=O)C(C)(C)C. The normalized spacial score (nSPS) is 24.7. The summed E-state index contributed by atoms with van der Waals surface area (Å²) in [6.45, 7) is 6.67. The van der Waals surface area contributed by atoms with Crippen molar-refractivity contribution >= 4 is 14.3 Å². The van der Waals surface area contributed by atoms with Crippen molar-refractivity contribution in [2.75, 3.05) is 19.7 Å². The van der Waals surface area contributed by atoms with Crippen LogP contribution in [0.1, 0.15) is 27.7 Å². The first-order valence-corrected chi connectivity index (χ1v) is 7.17. The summed E-state index contributed by atoms with van der Waals surface area (Å²) < 4.78 is 20.5. The van der Waals surface area contributed by atoms with Crippen LogP contribution in [0, 0.1) is 5.41 Å². The van der Waals surface area contributed by atoms with Gasteiger partial charge in [-0.3, -0.25) is 9.32 Å². The first-order valence-electron chi connectivity index (χ1n) is 5.81. The third-order valence-corrected chi connectivity index (χ3v) is 3.82. The molecule has 1 aliphatic rings. The second-order valence-corrected chi connectivity index (χ2v) is 6.63. The van der Waals surface area contributed by atoms with Crippen LogP contribution in [0.3, 0.4) is 0 Å². The number of carbonyl (C=O) groups is 1. The minimum atomic E-state index is -1.28. The quantitative estimate of drug-likeness (QED) is 0.330. The van der Waals surface area contributed by atoms with E-state index in [9.17, 15) is 4.79 Å². The average molecular weight is 280 g/mol. The van der Waals surface area contributed by atoms with Gasteiger partial charge in [-0.1, -0.05) is 0 Å². The Kier molecular flexibility index (Phi) is 5.95. The van der Waals surface area contributed by atoms with Gasteiger partial charge >= 0.3 is 5.97 Å². The van der Waals surface area contributed by atoms with Crippen LogP contribution in [0.4, 0.5) is 0 Å². The second-order valence-electron chi connectivity index (χ2n) is 5.08. The lowest BCUT2D eigenvalue weighted by Gasteiger charge is -2.19. The number of ether oxygens (including phenoxy) is 2. The molecule has 3 unspecified atom stereocenters. The van der Waals surface area contributed by atoms with E-state index in [1.807, 2.05) is 6.92 Å². The Bertz CT molecular complexity index is 277. The number of aliphatic hydroxyl groups is 1. The first kappa shape index (κ1) is 15.8. The molecule has 0 amide bonds. The lowest BCUT2D eigenvalue weighted by Crippen LogP contribution is -2.23. The van der Waals surface area contributed by atoms with E-state index in [2.05, 4.69) is 0 Å². The molecular weight excluding hydrogens is 259 g/mol. The van der Waals surface area contributed by atoms with Crippen LogP contribution in [0.2, 0.25) is 0 Å². The van der Waals surface area contributed by atoms with Crippen molar-refractivity contribution in [1.82, 2.24) is 0 Å². The predicted molar refractivity (Wildman–Crippen MR) is 65.8 cm³/mol. The Morgan fingerprint density at radius 2 is 2.00 bits per heavy atom. The largest absolute Gasteiger partial charge is 0.438 e. The van der Waals surface area contributed by atoms with Gasteiger partial charge in [0, 0.05) is 6.16 Å². The molecule has 0 bridgehead atoms. The summed E-state index contributed by atoms with van der Waals surface area (Å²) in [6, 6.07) is 0. The highest BCUT2D eigenvalue weighted by Crippen LogP contribution is 2.43. The molecule has 1 saturated heterocycles. The molecule has 1 N–H and O–H groups in total. The second kappa shape index (κ2) is 6.78. The summed E-state index contributed by atoms with van der Waals surface area (Å²) >= 11 is 0. The molecule has 106 valence electrons. The van der Waals surface area contributed by atoms with E-state index in [-0.39, 0.29) is 25.0 Å². The topological polar surface area (TPSA) is 77.5 Å². The van der Waals surface area contributed by atoms with Crippen molar-refractivity contribution in [2.24, 2.45) is 5.41 Å².